The second-order valence-electron chi connectivity index (χ2n) is 5.15. The fraction of sp³-hybridized carbons (Fsp3) is 0.250. The first-order valence-electron chi connectivity index (χ1n) is 6.90. The highest BCUT2D eigenvalue weighted by Gasteiger charge is 2.27. The summed E-state index contributed by atoms with van der Waals surface area (Å²) in [6.45, 7) is 0.532. The number of benzene rings is 2. The Bertz CT molecular complexity index is 758. The van der Waals surface area contributed by atoms with Gasteiger partial charge in [-0.15, -0.1) is 0 Å². The van der Waals surface area contributed by atoms with E-state index < -0.39 is 10.0 Å². The number of halogens is 1. The number of sulfonamides is 1. The molecule has 2 aromatic rings. The maximum Gasteiger partial charge on any atom is 0.239 e. The number of nitrogens with zero attached hydrogens (tertiary/aromatic N) is 1. The van der Waals surface area contributed by atoms with Crippen LogP contribution in [0.1, 0.15) is 17.5 Å². The van der Waals surface area contributed by atoms with Crippen molar-refractivity contribution in [2.45, 2.75) is 18.6 Å². The molecule has 110 valence electrons. The van der Waals surface area contributed by atoms with E-state index in [1.54, 1.807) is 24.3 Å². The summed E-state index contributed by atoms with van der Waals surface area (Å²) in [6.07, 6.45) is 1.77. The second kappa shape index (κ2) is 5.70. The van der Waals surface area contributed by atoms with E-state index in [1.165, 1.54) is 4.31 Å². The van der Waals surface area contributed by atoms with Gasteiger partial charge in [-0.2, -0.15) is 0 Å². The topological polar surface area (TPSA) is 37.4 Å². The highest BCUT2D eigenvalue weighted by atomic mass is 35.5. The van der Waals surface area contributed by atoms with E-state index in [1.807, 2.05) is 24.3 Å². The zero-order chi connectivity index (χ0) is 14.9. The Morgan fingerprint density at radius 2 is 1.76 bits per heavy atom. The number of hydrogen-bond acceptors (Lipinski definition) is 2. The molecule has 21 heavy (non-hydrogen) atoms. The Hall–Kier alpha value is -1.52. The van der Waals surface area contributed by atoms with Crippen molar-refractivity contribution in [3.8, 4) is 0 Å². The smallest absolute Gasteiger partial charge is 0.239 e. The molecule has 0 unspecified atom stereocenters. The molecule has 0 amide bonds. The molecular formula is C16H16ClNO2S. The minimum absolute atomic E-state index is 0.0684. The molecule has 5 heteroatoms. The zero-order valence-electron chi connectivity index (χ0n) is 11.5. The minimum atomic E-state index is -3.42. The monoisotopic (exact) mass is 321 g/mol. The second-order valence-corrected chi connectivity index (χ2v) is 7.45. The summed E-state index contributed by atoms with van der Waals surface area (Å²) in [5, 5.41) is 0.492. The Kier molecular flexibility index (Phi) is 3.91. The van der Waals surface area contributed by atoms with E-state index in [-0.39, 0.29) is 5.75 Å². The van der Waals surface area contributed by atoms with Crippen LogP contribution in [-0.4, -0.2) is 15.0 Å². The van der Waals surface area contributed by atoms with Gasteiger partial charge in [0.1, 0.15) is 0 Å². The van der Waals surface area contributed by atoms with Gasteiger partial charge in [-0.3, -0.25) is 4.31 Å². The molecule has 0 saturated carbocycles. The van der Waals surface area contributed by atoms with Gasteiger partial charge in [0.25, 0.3) is 0 Å². The Morgan fingerprint density at radius 3 is 2.57 bits per heavy atom. The Labute approximate surface area is 130 Å². The predicted molar refractivity (Wildman–Crippen MR) is 86.2 cm³/mol. The van der Waals surface area contributed by atoms with E-state index >= 15 is 0 Å². The number of para-hydroxylation sites is 1. The third-order valence-corrected chi connectivity index (χ3v) is 5.79. The van der Waals surface area contributed by atoms with Crippen LogP contribution in [0.3, 0.4) is 0 Å². The van der Waals surface area contributed by atoms with Gasteiger partial charge in [-0.25, -0.2) is 8.42 Å². The first-order valence-corrected chi connectivity index (χ1v) is 8.88. The van der Waals surface area contributed by atoms with E-state index in [2.05, 4.69) is 0 Å². The van der Waals surface area contributed by atoms with E-state index in [0.29, 0.717) is 17.1 Å². The van der Waals surface area contributed by atoms with Gasteiger partial charge in [0, 0.05) is 11.6 Å². The average Bonchev–Trinajstić information content (AvgIpc) is 2.49. The van der Waals surface area contributed by atoms with Crippen molar-refractivity contribution in [1.29, 1.82) is 0 Å². The van der Waals surface area contributed by atoms with Gasteiger partial charge in [0.05, 0.1) is 11.4 Å². The first kappa shape index (κ1) is 14.4. The Balaban J connectivity index is 1.95. The van der Waals surface area contributed by atoms with Crippen LogP contribution < -0.4 is 4.31 Å². The maximum absolute atomic E-state index is 12.7. The standard InChI is InChI=1S/C16H16ClNO2S/c17-15-9-3-1-7-14(15)12-21(19,20)18-11-5-8-13-6-2-4-10-16(13)18/h1-4,6-7,9-10H,5,8,11-12H2. The molecule has 1 heterocycles. The average molecular weight is 322 g/mol. The molecule has 0 saturated heterocycles. The summed E-state index contributed by atoms with van der Waals surface area (Å²) in [4.78, 5) is 0. The van der Waals surface area contributed by atoms with Gasteiger partial charge in [0.2, 0.25) is 10.0 Å². The summed E-state index contributed by atoms with van der Waals surface area (Å²) < 4.78 is 27.0. The van der Waals surface area contributed by atoms with Crippen molar-refractivity contribution in [3.05, 3.63) is 64.7 Å². The molecule has 3 rings (SSSR count). The molecule has 1 aliphatic heterocycles. The lowest BCUT2D eigenvalue weighted by molar-refractivity contribution is 0.586. The lowest BCUT2D eigenvalue weighted by Crippen LogP contribution is -2.36. The molecule has 0 spiro atoms. The molecule has 0 atom stereocenters. The number of hydrogen-bond donors (Lipinski definition) is 0. The van der Waals surface area contributed by atoms with Crippen LogP contribution in [0.5, 0.6) is 0 Å². The van der Waals surface area contributed by atoms with Gasteiger partial charge in [-0.1, -0.05) is 48.0 Å². The summed E-state index contributed by atoms with van der Waals surface area (Å²) in [7, 11) is -3.42. The fourth-order valence-corrected chi connectivity index (χ4v) is 4.65. The summed E-state index contributed by atoms with van der Waals surface area (Å²) in [6, 6.07) is 14.8. The number of anilines is 1. The maximum atomic E-state index is 12.7. The van der Waals surface area contributed by atoms with Crippen LogP contribution in [0.2, 0.25) is 5.02 Å². The van der Waals surface area contributed by atoms with Crippen LogP contribution in [-0.2, 0) is 22.2 Å². The third kappa shape index (κ3) is 2.92. The van der Waals surface area contributed by atoms with E-state index in [0.717, 1.165) is 24.1 Å². The molecule has 0 aliphatic carbocycles. The first-order chi connectivity index (χ1) is 10.1. The SMILES string of the molecule is O=S(=O)(Cc1ccccc1Cl)N1CCCc2ccccc21. The summed E-state index contributed by atoms with van der Waals surface area (Å²) in [5.41, 5.74) is 2.53. The Morgan fingerprint density at radius 1 is 1.05 bits per heavy atom. The molecular weight excluding hydrogens is 306 g/mol. The number of fused-ring (bicyclic) bond motifs is 1. The van der Waals surface area contributed by atoms with Crippen molar-refractivity contribution in [1.82, 2.24) is 0 Å². The quantitative estimate of drug-likeness (QED) is 0.865. The van der Waals surface area contributed by atoms with Crippen LogP contribution in [0, 0.1) is 0 Å². The minimum Gasteiger partial charge on any atom is -0.270 e. The van der Waals surface area contributed by atoms with Crippen molar-refractivity contribution in [3.63, 3.8) is 0 Å². The van der Waals surface area contributed by atoms with Crippen molar-refractivity contribution < 1.29 is 8.42 Å². The molecule has 0 radical (unpaired) electrons. The highest BCUT2D eigenvalue weighted by molar-refractivity contribution is 7.92. The van der Waals surface area contributed by atoms with E-state index in [9.17, 15) is 8.42 Å². The van der Waals surface area contributed by atoms with Crippen molar-refractivity contribution in [2.24, 2.45) is 0 Å². The van der Waals surface area contributed by atoms with Crippen LogP contribution in [0.4, 0.5) is 5.69 Å². The van der Waals surface area contributed by atoms with Gasteiger partial charge in [-0.05, 0) is 36.1 Å². The highest BCUT2D eigenvalue weighted by Crippen LogP contribution is 2.31. The third-order valence-electron chi connectivity index (χ3n) is 3.70. The van der Waals surface area contributed by atoms with Crippen molar-refractivity contribution in [2.75, 3.05) is 10.8 Å². The molecule has 0 N–H and O–H groups in total. The van der Waals surface area contributed by atoms with E-state index in [4.69, 9.17) is 11.6 Å². The van der Waals surface area contributed by atoms with Gasteiger partial charge < -0.3 is 0 Å². The number of rotatable bonds is 3. The molecule has 3 nitrogen and oxygen atoms in total. The molecule has 1 aliphatic rings. The molecule has 2 aromatic carbocycles. The van der Waals surface area contributed by atoms with Gasteiger partial charge in [0.15, 0.2) is 0 Å². The fourth-order valence-electron chi connectivity index (χ4n) is 2.68. The number of aryl methyl sites for hydroxylation is 1. The summed E-state index contributed by atoms with van der Waals surface area (Å²) in [5.74, 6) is -0.0684. The van der Waals surface area contributed by atoms with Crippen molar-refractivity contribution >= 4 is 27.3 Å². The lowest BCUT2D eigenvalue weighted by atomic mass is 10.0. The normalized spacial score (nSPS) is 14.8. The van der Waals surface area contributed by atoms with Gasteiger partial charge >= 0.3 is 0 Å². The summed E-state index contributed by atoms with van der Waals surface area (Å²) >= 11 is 6.09. The molecule has 0 aromatic heterocycles. The van der Waals surface area contributed by atoms with Crippen LogP contribution >= 0.6 is 11.6 Å². The molecule has 0 fully saturated rings. The molecule has 0 bridgehead atoms. The lowest BCUT2D eigenvalue weighted by Gasteiger charge is -2.30. The van der Waals surface area contributed by atoms with Crippen LogP contribution in [0.15, 0.2) is 48.5 Å². The van der Waals surface area contributed by atoms with Crippen LogP contribution in [0.25, 0.3) is 0 Å². The zero-order valence-corrected chi connectivity index (χ0v) is 13.1. The largest absolute Gasteiger partial charge is 0.270 e. The predicted octanol–water partition coefficient (Wildman–Crippen LogP) is 3.62.